The van der Waals surface area contributed by atoms with Crippen LogP contribution < -0.4 is 15.4 Å². The normalized spacial score (nSPS) is 11.7. The van der Waals surface area contributed by atoms with Gasteiger partial charge in [-0.2, -0.15) is 0 Å². The lowest BCUT2D eigenvalue weighted by molar-refractivity contribution is -0.138. The number of nitrogens with one attached hydrogen (secondary N) is 2. The number of carboxylic acids is 1. The van der Waals surface area contributed by atoms with E-state index in [-0.39, 0.29) is 5.56 Å². The third-order valence-corrected chi connectivity index (χ3v) is 5.28. The number of methoxy groups -OCH3 is 1. The van der Waals surface area contributed by atoms with Gasteiger partial charge in [0.25, 0.3) is 5.91 Å². The Hall–Kier alpha value is -4.33. The summed E-state index contributed by atoms with van der Waals surface area (Å²) in [6, 6.07) is 19.8. The summed E-state index contributed by atoms with van der Waals surface area (Å²) < 4.78 is 7.07. The Bertz CT molecular complexity index is 1280. The zero-order valence-corrected chi connectivity index (χ0v) is 18.3. The van der Waals surface area contributed by atoms with E-state index in [2.05, 4.69) is 10.6 Å². The first-order chi connectivity index (χ1) is 16.0. The zero-order valence-electron chi connectivity index (χ0n) is 18.3. The van der Waals surface area contributed by atoms with Crippen LogP contribution in [0.4, 0.5) is 5.82 Å². The highest BCUT2D eigenvalue weighted by Crippen LogP contribution is 2.31. The number of rotatable bonds is 8. The minimum atomic E-state index is -1.11. The molecule has 2 aromatic carbocycles. The highest BCUT2D eigenvalue weighted by Gasteiger charge is 2.21. The fourth-order valence-electron chi connectivity index (χ4n) is 3.48. The fourth-order valence-corrected chi connectivity index (χ4v) is 3.48. The Kier molecular flexibility index (Phi) is 6.26. The lowest BCUT2D eigenvalue weighted by Crippen LogP contribution is -2.38. The van der Waals surface area contributed by atoms with Crippen molar-refractivity contribution < 1.29 is 19.4 Å². The molecular weight excluding hydrogens is 420 g/mol. The number of anilines is 1. The molecule has 1 amide bonds. The number of hydrogen-bond acceptors (Lipinski definition) is 5. The topological polar surface area (TPSA) is 105 Å². The van der Waals surface area contributed by atoms with Crippen molar-refractivity contribution in [3.8, 4) is 17.0 Å². The number of ether oxygens (including phenoxy) is 1. The van der Waals surface area contributed by atoms with E-state index in [0.717, 1.165) is 22.7 Å². The van der Waals surface area contributed by atoms with Crippen molar-refractivity contribution in [3.63, 3.8) is 0 Å². The first-order valence-corrected chi connectivity index (χ1v) is 10.4. The number of aromatic nitrogens is 2. The fraction of sp³-hybridized carbons (Fsp3) is 0.160. The molecule has 4 rings (SSSR count). The van der Waals surface area contributed by atoms with Gasteiger partial charge in [0.15, 0.2) is 5.65 Å². The second-order valence-corrected chi connectivity index (χ2v) is 7.53. The maximum absolute atomic E-state index is 12.8. The highest BCUT2D eigenvalue weighted by molar-refractivity contribution is 6.02. The number of carboxylic acid groups (broad SMARTS) is 1. The molecule has 8 heteroatoms. The maximum atomic E-state index is 12.8. The second-order valence-electron chi connectivity index (χ2n) is 7.53. The zero-order chi connectivity index (χ0) is 23.4. The summed E-state index contributed by atoms with van der Waals surface area (Å²) in [6.07, 6.45) is 1.82. The van der Waals surface area contributed by atoms with E-state index < -0.39 is 17.9 Å². The molecule has 168 valence electrons. The molecular formula is C25H24N4O4. The summed E-state index contributed by atoms with van der Waals surface area (Å²) in [5.41, 5.74) is 3.32. The third-order valence-electron chi connectivity index (χ3n) is 5.28. The summed E-state index contributed by atoms with van der Waals surface area (Å²) >= 11 is 0. The van der Waals surface area contributed by atoms with Crippen LogP contribution >= 0.6 is 0 Å². The summed E-state index contributed by atoms with van der Waals surface area (Å²) in [4.78, 5) is 28.8. The van der Waals surface area contributed by atoms with Crippen LogP contribution in [0.25, 0.3) is 16.9 Å². The molecule has 33 heavy (non-hydrogen) atoms. The monoisotopic (exact) mass is 444 g/mol. The van der Waals surface area contributed by atoms with Crippen LogP contribution in [0, 0.1) is 0 Å². The number of carbonyl (C=O) groups excluding carboxylic acids is 1. The summed E-state index contributed by atoms with van der Waals surface area (Å²) in [7, 11) is 1.61. The van der Waals surface area contributed by atoms with Gasteiger partial charge in [0, 0.05) is 18.3 Å². The van der Waals surface area contributed by atoms with E-state index in [9.17, 15) is 9.59 Å². The van der Waals surface area contributed by atoms with Crippen molar-refractivity contribution in [3.05, 3.63) is 84.1 Å². The molecule has 0 radical (unpaired) electrons. The quantitative estimate of drug-likeness (QED) is 0.382. The number of amides is 1. The van der Waals surface area contributed by atoms with Crippen molar-refractivity contribution in [2.24, 2.45) is 0 Å². The van der Waals surface area contributed by atoms with E-state index in [1.54, 1.807) is 19.2 Å². The van der Waals surface area contributed by atoms with Crippen molar-refractivity contribution in [1.82, 2.24) is 14.7 Å². The number of aliphatic carboxylic acids is 1. The van der Waals surface area contributed by atoms with Crippen LogP contribution in [0.1, 0.15) is 22.8 Å². The van der Waals surface area contributed by atoms with Gasteiger partial charge in [-0.25, -0.2) is 4.98 Å². The van der Waals surface area contributed by atoms with E-state index in [0.29, 0.717) is 17.9 Å². The van der Waals surface area contributed by atoms with Gasteiger partial charge in [0.1, 0.15) is 23.3 Å². The Morgan fingerprint density at radius 3 is 2.45 bits per heavy atom. The largest absolute Gasteiger partial charge is 0.497 e. The summed E-state index contributed by atoms with van der Waals surface area (Å²) in [5, 5.41) is 15.1. The molecule has 1 atom stereocenters. The molecule has 3 N–H and O–H groups in total. The van der Waals surface area contributed by atoms with Crippen LogP contribution in [0.5, 0.6) is 5.75 Å². The maximum Gasteiger partial charge on any atom is 0.325 e. The predicted molar refractivity (Wildman–Crippen MR) is 126 cm³/mol. The van der Waals surface area contributed by atoms with E-state index in [4.69, 9.17) is 14.8 Å². The molecule has 0 aliphatic heterocycles. The van der Waals surface area contributed by atoms with Gasteiger partial charge >= 0.3 is 5.97 Å². The Labute approximate surface area is 190 Å². The average Bonchev–Trinajstić information content (AvgIpc) is 3.21. The van der Waals surface area contributed by atoms with Gasteiger partial charge in [0.05, 0.1) is 12.7 Å². The van der Waals surface area contributed by atoms with Gasteiger partial charge < -0.3 is 20.5 Å². The van der Waals surface area contributed by atoms with Crippen LogP contribution in [-0.4, -0.2) is 39.5 Å². The first kappa shape index (κ1) is 21.9. The number of carbonyl (C=O) groups is 2. The van der Waals surface area contributed by atoms with Crippen LogP contribution in [0.3, 0.4) is 0 Å². The third kappa shape index (κ3) is 4.64. The average molecular weight is 444 g/mol. The predicted octanol–water partition coefficient (Wildman–Crippen LogP) is 3.82. The molecule has 0 saturated carbocycles. The Morgan fingerprint density at radius 2 is 1.79 bits per heavy atom. The number of hydrogen-bond donors (Lipinski definition) is 3. The second kappa shape index (κ2) is 9.44. The molecule has 4 aromatic rings. The molecule has 0 fully saturated rings. The van der Waals surface area contributed by atoms with Crippen LogP contribution in [-0.2, 0) is 11.3 Å². The Balaban J connectivity index is 1.79. The van der Waals surface area contributed by atoms with Gasteiger partial charge in [-0.15, -0.1) is 0 Å². The summed E-state index contributed by atoms with van der Waals surface area (Å²) in [5.74, 6) is -0.164. The van der Waals surface area contributed by atoms with Crippen LogP contribution in [0.2, 0.25) is 0 Å². The van der Waals surface area contributed by atoms with Gasteiger partial charge in [-0.1, -0.05) is 30.3 Å². The lowest BCUT2D eigenvalue weighted by Gasteiger charge is -2.11. The molecule has 0 bridgehead atoms. The molecule has 1 unspecified atom stereocenters. The lowest BCUT2D eigenvalue weighted by atomic mass is 10.1. The smallest absolute Gasteiger partial charge is 0.325 e. The highest BCUT2D eigenvalue weighted by atomic mass is 16.5. The molecule has 2 heterocycles. The number of fused-ring (bicyclic) bond motifs is 1. The number of benzene rings is 2. The van der Waals surface area contributed by atoms with E-state index in [1.807, 2.05) is 65.2 Å². The van der Waals surface area contributed by atoms with Crippen molar-refractivity contribution in [2.45, 2.75) is 19.5 Å². The minimum Gasteiger partial charge on any atom is -0.497 e. The van der Waals surface area contributed by atoms with E-state index in [1.165, 1.54) is 6.92 Å². The number of imidazole rings is 1. The van der Waals surface area contributed by atoms with Crippen molar-refractivity contribution in [2.75, 3.05) is 12.4 Å². The molecule has 0 spiro atoms. The number of pyridine rings is 1. The Morgan fingerprint density at radius 1 is 1.06 bits per heavy atom. The first-order valence-electron chi connectivity index (χ1n) is 10.4. The molecule has 0 aliphatic carbocycles. The van der Waals surface area contributed by atoms with Gasteiger partial charge in [0.2, 0.25) is 0 Å². The minimum absolute atomic E-state index is 0.285. The van der Waals surface area contributed by atoms with Crippen LogP contribution in [0.15, 0.2) is 72.9 Å². The summed E-state index contributed by atoms with van der Waals surface area (Å²) in [6.45, 7) is 1.98. The van der Waals surface area contributed by atoms with Crippen molar-refractivity contribution >= 4 is 23.3 Å². The molecule has 8 nitrogen and oxygen atoms in total. The van der Waals surface area contributed by atoms with Gasteiger partial charge in [-0.3, -0.25) is 14.0 Å². The standard InChI is InChI=1S/C25H24N4O4/c1-16(25(31)32)27-24(30)20-9-6-14-29-22(20)28-21(18-10-12-19(33-2)13-11-18)23(29)26-15-17-7-4-3-5-8-17/h3-14,16,26H,15H2,1-2H3,(H,27,30)(H,31,32). The van der Waals surface area contributed by atoms with Crippen molar-refractivity contribution in [1.29, 1.82) is 0 Å². The molecule has 2 aromatic heterocycles. The van der Waals surface area contributed by atoms with Gasteiger partial charge in [-0.05, 0) is 48.9 Å². The number of nitrogens with zero attached hydrogens (tertiary/aromatic N) is 2. The molecule has 0 saturated heterocycles. The molecule has 0 aliphatic rings. The van der Waals surface area contributed by atoms with E-state index >= 15 is 0 Å². The SMILES string of the molecule is COc1ccc(-c2nc3c(C(=O)NC(C)C(=O)O)cccn3c2NCc2ccccc2)cc1.